The third-order valence-electron chi connectivity index (χ3n) is 2.67. The van der Waals surface area contributed by atoms with Crippen LogP contribution < -0.4 is 5.32 Å². The second-order valence-corrected chi connectivity index (χ2v) is 3.98. The van der Waals surface area contributed by atoms with Gasteiger partial charge in [-0.25, -0.2) is 0 Å². The molecule has 0 spiro atoms. The van der Waals surface area contributed by atoms with Gasteiger partial charge in [0.2, 0.25) is 0 Å². The third kappa shape index (κ3) is 3.64. The maximum Gasteiger partial charge on any atom is 0.0692 e. The van der Waals surface area contributed by atoms with Gasteiger partial charge in [0, 0.05) is 31.2 Å². The van der Waals surface area contributed by atoms with Crippen LogP contribution >= 0.6 is 0 Å². The molecule has 5 heteroatoms. The fraction of sp³-hybridized carbons (Fsp3) is 0.417. The molecule has 1 atom stereocenters. The summed E-state index contributed by atoms with van der Waals surface area (Å²) in [5.41, 5.74) is 1.22. The number of hydrogen-bond donors (Lipinski definition) is 1. The Balaban J connectivity index is 1.68. The summed E-state index contributed by atoms with van der Waals surface area (Å²) in [4.78, 5) is 4.11. The molecular formula is C12H17N5. The number of rotatable bonds is 6. The van der Waals surface area contributed by atoms with Gasteiger partial charge in [0.15, 0.2) is 0 Å². The SMILES string of the molecule is CC(NCCCn1ccnn1)c1cccnc1. The average Bonchev–Trinajstić information content (AvgIpc) is 2.88. The number of aryl methyl sites for hydroxylation is 1. The van der Waals surface area contributed by atoms with Crippen molar-refractivity contribution in [3.05, 3.63) is 42.5 Å². The molecule has 1 unspecified atom stereocenters. The average molecular weight is 231 g/mol. The van der Waals surface area contributed by atoms with Crippen molar-refractivity contribution in [2.45, 2.75) is 25.9 Å². The van der Waals surface area contributed by atoms with Gasteiger partial charge in [-0.15, -0.1) is 5.10 Å². The van der Waals surface area contributed by atoms with E-state index in [0.29, 0.717) is 6.04 Å². The maximum absolute atomic E-state index is 4.11. The summed E-state index contributed by atoms with van der Waals surface area (Å²) >= 11 is 0. The Bertz CT molecular complexity index is 412. The van der Waals surface area contributed by atoms with Crippen LogP contribution in [-0.4, -0.2) is 26.5 Å². The molecule has 0 aliphatic rings. The molecule has 0 saturated carbocycles. The first-order valence-corrected chi connectivity index (χ1v) is 5.83. The van der Waals surface area contributed by atoms with Crippen LogP contribution in [0.3, 0.4) is 0 Å². The molecule has 2 aromatic heterocycles. The van der Waals surface area contributed by atoms with Gasteiger partial charge >= 0.3 is 0 Å². The molecule has 0 aromatic carbocycles. The van der Waals surface area contributed by atoms with Crippen LogP contribution in [0.1, 0.15) is 24.9 Å². The molecule has 0 aliphatic heterocycles. The minimum Gasteiger partial charge on any atom is -0.310 e. The Kier molecular flexibility index (Phi) is 4.21. The largest absolute Gasteiger partial charge is 0.310 e. The van der Waals surface area contributed by atoms with Crippen molar-refractivity contribution >= 4 is 0 Å². The topological polar surface area (TPSA) is 55.6 Å². The highest BCUT2D eigenvalue weighted by atomic mass is 15.4. The molecule has 17 heavy (non-hydrogen) atoms. The van der Waals surface area contributed by atoms with Crippen molar-refractivity contribution in [3.8, 4) is 0 Å². The summed E-state index contributed by atoms with van der Waals surface area (Å²) in [7, 11) is 0. The molecule has 1 N–H and O–H groups in total. The van der Waals surface area contributed by atoms with E-state index < -0.39 is 0 Å². The first-order valence-electron chi connectivity index (χ1n) is 5.83. The van der Waals surface area contributed by atoms with Crippen LogP contribution in [0.15, 0.2) is 36.9 Å². The van der Waals surface area contributed by atoms with Gasteiger partial charge in [-0.2, -0.15) is 0 Å². The Morgan fingerprint density at radius 3 is 3.06 bits per heavy atom. The normalized spacial score (nSPS) is 12.5. The molecule has 2 heterocycles. The van der Waals surface area contributed by atoms with Crippen molar-refractivity contribution in [3.63, 3.8) is 0 Å². The predicted octanol–water partition coefficient (Wildman–Crippen LogP) is 1.41. The van der Waals surface area contributed by atoms with E-state index in [9.17, 15) is 0 Å². The van der Waals surface area contributed by atoms with Gasteiger partial charge < -0.3 is 5.32 Å². The lowest BCUT2D eigenvalue weighted by atomic mass is 10.1. The number of pyridine rings is 1. The van der Waals surface area contributed by atoms with E-state index in [1.165, 1.54) is 5.56 Å². The summed E-state index contributed by atoms with van der Waals surface area (Å²) in [5, 5.41) is 11.1. The van der Waals surface area contributed by atoms with E-state index in [-0.39, 0.29) is 0 Å². The monoisotopic (exact) mass is 231 g/mol. The summed E-state index contributed by atoms with van der Waals surface area (Å²) < 4.78 is 1.84. The molecule has 2 rings (SSSR count). The van der Waals surface area contributed by atoms with E-state index in [4.69, 9.17) is 0 Å². The second-order valence-electron chi connectivity index (χ2n) is 3.98. The molecule has 90 valence electrons. The van der Waals surface area contributed by atoms with Gasteiger partial charge in [0.25, 0.3) is 0 Å². The van der Waals surface area contributed by atoms with Crippen molar-refractivity contribution in [1.82, 2.24) is 25.3 Å². The zero-order valence-corrected chi connectivity index (χ0v) is 9.95. The molecule has 2 aromatic rings. The third-order valence-corrected chi connectivity index (χ3v) is 2.67. The minimum atomic E-state index is 0.333. The number of nitrogens with zero attached hydrogens (tertiary/aromatic N) is 4. The molecule has 0 bridgehead atoms. The minimum absolute atomic E-state index is 0.333. The Hall–Kier alpha value is -1.75. The van der Waals surface area contributed by atoms with Crippen molar-refractivity contribution in [2.24, 2.45) is 0 Å². The summed E-state index contributed by atoms with van der Waals surface area (Å²) in [6.07, 6.45) is 8.31. The van der Waals surface area contributed by atoms with Crippen molar-refractivity contribution in [1.29, 1.82) is 0 Å². The van der Waals surface area contributed by atoms with Crippen LogP contribution in [0, 0.1) is 0 Å². The molecule has 0 radical (unpaired) electrons. The first kappa shape index (κ1) is 11.7. The molecule has 5 nitrogen and oxygen atoms in total. The Morgan fingerprint density at radius 2 is 2.35 bits per heavy atom. The van der Waals surface area contributed by atoms with Crippen LogP contribution in [0.4, 0.5) is 0 Å². The summed E-state index contributed by atoms with van der Waals surface area (Å²) in [5.74, 6) is 0. The lowest BCUT2D eigenvalue weighted by Crippen LogP contribution is -2.21. The van der Waals surface area contributed by atoms with Crippen LogP contribution in [-0.2, 0) is 6.54 Å². The Morgan fingerprint density at radius 1 is 1.41 bits per heavy atom. The van der Waals surface area contributed by atoms with E-state index >= 15 is 0 Å². The fourth-order valence-corrected chi connectivity index (χ4v) is 1.66. The fourth-order valence-electron chi connectivity index (χ4n) is 1.66. The van der Waals surface area contributed by atoms with Crippen molar-refractivity contribution in [2.75, 3.05) is 6.54 Å². The standard InChI is InChI=1S/C12H17N5/c1-11(12-4-2-5-13-10-12)14-6-3-8-17-9-7-15-16-17/h2,4-5,7,9-11,14H,3,6,8H2,1H3. The van der Waals surface area contributed by atoms with Gasteiger partial charge in [0.05, 0.1) is 6.20 Å². The highest BCUT2D eigenvalue weighted by Crippen LogP contribution is 2.09. The van der Waals surface area contributed by atoms with E-state index in [1.807, 2.05) is 23.1 Å². The van der Waals surface area contributed by atoms with Gasteiger partial charge in [0.1, 0.15) is 0 Å². The zero-order chi connectivity index (χ0) is 11.9. The first-order chi connectivity index (χ1) is 8.36. The highest BCUT2D eigenvalue weighted by molar-refractivity contribution is 5.12. The second kappa shape index (κ2) is 6.10. The van der Waals surface area contributed by atoms with Crippen LogP contribution in [0.25, 0.3) is 0 Å². The molecule has 0 amide bonds. The predicted molar refractivity (Wildman–Crippen MR) is 65.3 cm³/mol. The highest BCUT2D eigenvalue weighted by Gasteiger charge is 2.03. The van der Waals surface area contributed by atoms with E-state index in [0.717, 1.165) is 19.5 Å². The lowest BCUT2D eigenvalue weighted by molar-refractivity contribution is 0.499. The summed E-state index contributed by atoms with van der Waals surface area (Å²) in [6, 6.07) is 4.38. The van der Waals surface area contributed by atoms with E-state index in [2.05, 4.69) is 33.6 Å². The molecule has 0 aliphatic carbocycles. The zero-order valence-electron chi connectivity index (χ0n) is 9.95. The van der Waals surface area contributed by atoms with Crippen LogP contribution in [0.2, 0.25) is 0 Å². The van der Waals surface area contributed by atoms with E-state index in [1.54, 1.807) is 12.4 Å². The molecule has 0 saturated heterocycles. The maximum atomic E-state index is 4.11. The molecule has 0 fully saturated rings. The number of hydrogen-bond acceptors (Lipinski definition) is 4. The lowest BCUT2D eigenvalue weighted by Gasteiger charge is -2.13. The quantitative estimate of drug-likeness (QED) is 0.764. The number of aromatic nitrogens is 4. The van der Waals surface area contributed by atoms with Crippen molar-refractivity contribution < 1.29 is 0 Å². The van der Waals surface area contributed by atoms with Gasteiger partial charge in [-0.3, -0.25) is 9.67 Å². The summed E-state index contributed by atoms with van der Waals surface area (Å²) in [6.45, 7) is 4.00. The molecular weight excluding hydrogens is 214 g/mol. The smallest absolute Gasteiger partial charge is 0.0692 e. The van der Waals surface area contributed by atoms with Crippen LogP contribution in [0.5, 0.6) is 0 Å². The van der Waals surface area contributed by atoms with Gasteiger partial charge in [-0.05, 0) is 31.5 Å². The Labute approximate surface area is 101 Å². The van der Waals surface area contributed by atoms with Gasteiger partial charge in [-0.1, -0.05) is 11.3 Å². The number of nitrogens with one attached hydrogen (secondary N) is 1.